The van der Waals surface area contributed by atoms with Crippen LogP contribution in [0.3, 0.4) is 0 Å². The van der Waals surface area contributed by atoms with Gasteiger partial charge in [-0.25, -0.2) is 10.1 Å². The number of rotatable bonds is 6. The number of halogens is 1. The Balaban J connectivity index is 2.03. The molecule has 3 N–H and O–H groups in total. The Hall–Kier alpha value is -2.01. The highest BCUT2D eigenvalue weighted by Crippen LogP contribution is 2.41. The molecular formula is C19H23BrN4O4S. The van der Waals surface area contributed by atoms with Crippen molar-refractivity contribution in [3.63, 3.8) is 0 Å². The first-order valence-corrected chi connectivity index (χ1v) is 11.3. The number of ether oxygens (including phenoxy) is 1. The molecule has 8 nitrogen and oxygen atoms in total. The van der Waals surface area contributed by atoms with Gasteiger partial charge >= 0.3 is 0 Å². The molecule has 0 atom stereocenters. The zero-order chi connectivity index (χ0) is 21.4. The van der Waals surface area contributed by atoms with Gasteiger partial charge in [0.05, 0.1) is 13.3 Å². The van der Waals surface area contributed by atoms with E-state index in [1.807, 2.05) is 38.1 Å². The molecule has 0 bridgehead atoms. The number of nitrogens with zero attached hydrogens (tertiary/aromatic N) is 2. The van der Waals surface area contributed by atoms with E-state index in [2.05, 4.69) is 26.2 Å². The van der Waals surface area contributed by atoms with Crippen molar-refractivity contribution in [3.05, 3.63) is 52.3 Å². The number of hydrogen-bond acceptors (Lipinski definition) is 5. The standard InChI is InChI=1S/C19H23BrN4O4S/c1-12(2)13-6-4-5-7-14(13)19(10-24(11-19)29(21,26)27)18(25)23-15-9-22-17(20)8-16(15)28-3/h4-9,12H,10-11H2,1-3H3,(H,23,25)(H2,21,26,27). The zero-order valence-electron chi connectivity index (χ0n) is 16.3. The van der Waals surface area contributed by atoms with Gasteiger partial charge in [0, 0.05) is 19.2 Å². The molecule has 0 aliphatic carbocycles. The third-order valence-corrected chi connectivity index (χ3v) is 6.50. The van der Waals surface area contributed by atoms with Crippen molar-refractivity contribution in [2.75, 3.05) is 25.5 Å². The predicted molar refractivity (Wildman–Crippen MR) is 114 cm³/mol. The molecule has 2 aromatic rings. The lowest BCUT2D eigenvalue weighted by Crippen LogP contribution is -2.67. The number of carbonyl (C=O) groups is 1. The van der Waals surface area contributed by atoms with Crippen LogP contribution in [0.25, 0.3) is 0 Å². The number of anilines is 1. The fourth-order valence-electron chi connectivity index (χ4n) is 3.53. The molecule has 3 rings (SSSR count). The number of carbonyl (C=O) groups excluding carboxylic acids is 1. The van der Waals surface area contributed by atoms with E-state index in [9.17, 15) is 13.2 Å². The summed E-state index contributed by atoms with van der Waals surface area (Å²) in [6.45, 7) is 3.99. The Kier molecular flexibility index (Phi) is 6.00. The van der Waals surface area contributed by atoms with Gasteiger partial charge in [-0.3, -0.25) is 4.79 Å². The topological polar surface area (TPSA) is 115 Å². The molecule has 1 amide bonds. The molecule has 1 fully saturated rings. The summed E-state index contributed by atoms with van der Waals surface area (Å²) in [4.78, 5) is 17.6. The van der Waals surface area contributed by atoms with E-state index in [0.29, 0.717) is 16.0 Å². The predicted octanol–water partition coefficient (Wildman–Crippen LogP) is 2.37. The monoisotopic (exact) mass is 482 g/mol. The maximum Gasteiger partial charge on any atom is 0.276 e. The van der Waals surface area contributed by atoms with E-state index in [0.717, 1.165) is 15.4 Å². The molecule has 1 aliphatic heterocycles. The molecule has 0 spiro atoms. The van der Waals surface area contributed by atoms with Crippen LogP contribution in [0.5, 0.6) is 5.75 Å². The van der Waals surface area contributed by atoms with Crippen molar-refractivity contribution in [1.29, 1.82) is 0 Å². The maximum atomic E-state index is 13.4. The Morgan fingerprint density at radius 1 is 1.34 bits per heavy atom. The molecule has 0 radical (unpaired) electrons. The van der Waals surface area contributed by atoms with Gasteiger partial charge in [0.1, 0.15) is 21.5 Å². The quantitative estimate of drug-likeness (QED) is 0.613. The van der Waals surface area contributed by atoms with Crippen molar-refractivity contribution < 1.29 is 17.9 Å². The van der Waals surface area contributed by atoms with Gasteiger partial charge in [0.2, 0.25) is 5.91 Å². The first kappa shape index (κ1) is 21.7. The average Bonchev–Trinajstić information content (AvgIpc) is 2.61. The fraction of sp³-hybridized carbons (Fsp3) is 0.368. The van der Waals surface area contributed by atoms with Crippen LogP contribution in [0.4, 0.5) is 5.69 Å². The van der Waals surface area contributed by atoms with Crippen LogP contribution in [0, 0.1) is 0 Å². The maximum absolute atomic E-state index is 13.4. The molecule has 0 saturated carbocycles. The molecule has 10 heteroatoms. The Labute approximate surface area is 178 Å². The van der Waals surface area contributed by atoms with Gasteiger partial charge in [-0.2, -0.15) is 12.7 Å². The number of methoxy groups -OCH3 is 1. The minimum absolute atomic E-state index is 0.0341. The summed E-state index contributed by atoms with van der Waals surface area (Å²) in [6.07, 6.45) is 1.49. The zero-order valence-corrected chi connectivity index (χ0v) is 18.7. The van der Waals surface area contributed by atoms with Gasteiger partial charge in [-0.1, -0.05) is 38.1 Å². The number of aromatic nitrogens is 1. The molecule has 1 aromatic carbocycles. The van der Waals surface area contributed by atoms with Gasteiger partial charge in [0.15, 0.2) is 0 Å². The third-order valence-electron chi connectivity index (χ3n) is 5.09. The second-order valence-electron chi connectivity index (χ2n) is 7.30. The number of hydrogen-bond donors (Lipinski definition) is 2. The van der Waals surface area contributed by atoms with Gasteiger partial charge < -0.3 is 10.1 Å². The van der Waals surface area contributed by atoms with Crippen LogP contribution in [-0.4, -0.2) is 43.8 Å². The van der Waals surface area contributed by atoms with E-state index in [-0.39, 0.29) is 24.9 Å². The van der Waals surface area contributed by atoms with Crippen LogP contribution >= 0.6 is 15.9 Å². The minimum Gasteiger partial charge on any atom is -0.494 e. The molecule has 2 heterocycles. The largest absolute Gasteiger partial charge is 0.494 e. The highest BCUT2D eigenvalue weighted by molar-refractivity contribution is 9.10. The summed E-state index contributed by atoms with van der Waals surface area (Å²) in [5.74, 6) is 0.256. The van der Waals surface area contributed by atoms with Crippen LogP contribution in [-0.2, 0) is 20.4 Å². The Morgan fingerprint density at radius 2 is 2.00 bits per heavy atom. The van der Waals surface area contributed by atoms with Crippen LogP contribution in [0.1, 0.15) is 30.9 Å². The molecule has 1 aliphatic rings. The molecular weight excluding hydrogens is 460 g/mol. The second-order valence-corrected chi connectivity index (χ2v) is 9.66. The van der Waals surface area contributed by atoms with Gasteiger partial charge in [-0.15, -0.1) is 0 Å². The number of benzene rings is 1. The first-order valence-electron chi connectivity index (χ1n) is 8.97. The van der Waals surface area contributed by atoms with Gasteiger partial charge in [-0.05, 0) is 33.0 Å². The van der Waals surface area contributed by atoms with Gasteiger partial charge in [0.25, 0.3) is 10.2 Å². The SMILES string of the molecule is COc1cc(Br)ncc1NC(=O)C1(c2ccccc2C(C)C)CN(S(N)(=O)=O)C1. The van der Waals surface area contributed by atoms with E-state index >= 15 is 0 Å². The highest BCUT2D eigenvalue weighted by atomic mass is 79.9. The van der Waals surface area contributed by atoms with E-state index in [4.69, 9.17) is 9.88 Å². The summed E-state index contributed by atoms with van der Waals surface area (Å²) in [7, 11) is -2.40. The summed E-state index contributed by atoms with van der Waals surface area (Å²) >= 11 is 3.27. The number of nitrogens with one attached hydrogen (secondary N) is 1. The van der Waals surface area contributed by atoms with Crippen molar-refractivity contribution in [1.82, 2.24) is 9.29 Å². The number of nitrogens with two attached hydrogens (primary N) is 1. The molecule has 0 unspecified atom stereocenters. The Bertz CT molecular complexity index is 1040. The van der Waals surface area contributed by atoms with Crippen LogP contribution in [0.2, 0.25) is 0 Å². The summed E-state index contributed by atoms with van der Waals surface area (Å²) in [5, 5.41) is 8.14. The smallest absolute Gasteiger partial charge is 0.276 e. The average molecular weight is 483 g/mol. The number of pyridine rings is 1. The van der Waals surface area contributed by atoms with E-state index in [1.165, 1.54) is 13.3 Å². The first-order chi connectivity index (χ1) is 13.6. The third kappa shape index (κ3) is 4.16. The summed E-state index contributed by atoms with van der Waals surface area (Å²) < 4.78 is 30.6. The molecule has 1 saturated heterocycles. The second kappa shape index (κ2) is 8.02. The lowest BCUT2D eigenvalue weighted by Gasteiger charge is -2.48. The fourth-order valence-corrected chi connectivity index (χ4v) is 4.64. The highest BCUT2D eigenvalue weighted by Gasteiger charge is 2.54. The van der Waals surface area contributed by atoms with Crippen LogP contribution in [0.15, 0.2) is 41.1 Å². The lowest BCUT2D eigenvalue weighted by molar-refractivity contribution is -0.125. The molecule has 1 aromatic heterocycles. The summed E-state index contributed by atoms with van der Waals surface area (Å²) in [5.41, 5.74) is 1.11. The van der Waals surface area contributed by atoms with Crippen molar-refractivity contribution in [2.24, 2.45) is 5.14 Å². The van der Waals surface area contributed by atoms with Crippen LogP contribution < -0.4 is 15.2 Å². The lowest BCUT2D eigenvalue weighted by atomic mass is 9.71. The number of amides is 1. The summed E-state index contributed by atoms with van der Waals surface area (Å²) in [6, 6.07) is 9.21. The van der Waals surface area contributed by atoms with E-state index < -0.39 is 15.6 Å². The molecule has 29 heavy (non-hydrogen) atoms. The van der Waals surface area contributed by atoms with Crippen molar-refractivity contribution >= 4 is 37.7 Å². The van der Waals surface area contributed by atoms with Crippen molar-refractivity contribution in [3.8, 4) is 5.75 Å². The Morgan fingerprint density at radius 3 is 2.59 bits per heavy atom. The van der Waals surface area contributed by atoms with Crippen molar-refractivity contribution in [2.45, 2.75) is 25.2 Å². The normalized spacial score (nSPS) is 16.3. The molecule has 156 valence electrons. The minimum atomic E-state index is -3.89. The van der Waals surface area contributed by atoms with E-state index in [1.54, 1.807) is 6.07 Å².